The van der Waals surface area contributed by atoms with Crippen molar-refractivity contribution in [1.29, 1.82) is 0 Å². The molecule has 2 aromatic rings. The lowest BCUT2D eigenvalue weighted by atomic mass is 10.1. The fourth-order valence-electron chi connectivity index (χ4n) is 1.91. The van der Waals surface area contributed by atoms with Crippen LogP contribution in [-0.4, -0.2) is 26.3 Å². The number of hydrogen-bond donors (Lipinski definition) is 1. The van der Waals surface area contributed by atoms with Gasteiger partial charge < -0.3 is 5.32 Å². The molecule has 3 heterocycles. The van der Waals surface area contributed by atoms with E-state index in [2.05, 4.69) is 20.4 Å². The Balaban J connectivity index is 2.02. The van der Waals surface area contributed by atoms with Crippen LogP contribution in [0.15, 0.2) is 18.6 Å². The zero-order valence-corrected chi connectivity index (χ0v) is 9.14. The van der Waals surface area contributed by atoms with E-state index < -0.39 is 0 Å². The van der Waals surface area contributed by atoms with Gasteiger partial charge in [0.25, 0.3) is 0 Å². The van der Waals surface area contributed by atoms with E-state index in [9.17, 15) is 0 Å². The van der Waals surface area contributed by atoms with Crippen LogP contribution in [0, 0.1) is 0 Å². The Labute approximate surface area is 93.5 Å². The molecule has 0 spiro atoms. The normalized spacial score (nSPS) is 14.8. The second-order valence-corrected chi connectivity index (χ2v) is 3.99. The molecule has 3 rings (SSSR count). The first kappa shape index (κ1) is 9.47. The van der Waals surface area contributed by atoms with Gasteiger partial charge in [0.2, 0.25) is 0 Å². The molecule has 0 bridgehead atoms. The van der Waals surface area contributed by atoms with E-state index in [1.54, 1.807) is 10.9 Å². The second-order valence-electron chi connectivity index (χ2n) is 3.99. The molecule has 0 aromatic carbocycles. The highest BCUT2D eigenvalue weighted by Gasteiger charge is 2.12. The van der Waals surface area contributed by atoms with Crippen molar-refractivity contribution in [3.63, 3.8) is 0 Å². The first-order valence-electron chi connectivity index (χ1n) is 5.37. The molecule has 0 saturated carbocycles. The van der Waals surface area contributed by atoms with Gasteiger partial charge in [-0.15, -0.1) is 0 Å². The van der Waals surface area contributed by atoms with Crippen LogP contribution in [0.5, 0.6) is 0 Å². The average molecular weight is 215 g/mol. The molecule has 0 atom stereocenters. The lowest BCUT2D eigenvalue weighted by Crippen LogP contribution is -2.24. The predicted molar refractivity (Wildman–Crippen MR) is 59.6 cm³/mol. The monoisotopic (exact) mass is 215 g/mol. The number of nitrogens with one attached hydrogen (secondary N) is 1. The van der Waals surface area contributed by atoms with Crippen molar-refractivity contribution >= 4 is 0 Å². The van der Waals surface area contributed by atoms with Gasteiger partial charge >= 0.3 is 0 Å². The molecule has 1 aliphatic rings. The van der Waals surface area contributed by atoms with Gasteiger partial charge in [0, 0.05) is 44.5 Å². The Morgan fingerprint density at radius 3 is 3.12 bits per heavy atom. The lowest BCUT2D eigenvalue weighted by molar-refractivity contribution is 0.626. The molecular weight excluding hydrogens is 202 g/mol. The minimum atomic E-state index is 0.772. The molecule has 0 radical (unpaired) electrons. The summed E-state index contributed by atoms with van der Waals surface area (Å²) in [5.41, 5.74) is 3.34. The van der Waals surface area contributed by atoms with Crippen molar-refractivity contribution in [1.82, 2.24) is 25.1 Å². The van der Waals surface area contributed by atoms with Crippen molar-refractivity contribution in [2.24, 2.45) is 7.05 Å². The molecule has 0 amide bonds. The highest BCUT2D eigenvalue weighted by molar-refractivity contribution is 5.52. The summed E-state index contributed by atoms with van der Waals surface area (Å²) in [6, 6.07) is 0. The van der Waals surface area contributed by atoms with E-state index in [1.807, 2.05) is 19.4 Å². The van der Waals surface area contributed by atoms with E-state index in [-0.39, 0.29) is 0 Å². The molecule has 5 nitrogen and oxygen atoms in total. The van der Waals surface area contributed by atoms with Crippen LogP contribution in [0.4, 0.5) is 0 Å². The molecule has 82 valence electrons. The molecule has 0 fully saturated rings. The van der Waals surface area contributed by atoms with Crippen molar-refractivity contribution in [3.8, 4) is 11.4 Å². The van der Waals surface area contributed by atoms with Crippen molar-refractivity contribution in [3.05, 3.63) is 29.8 Å². The number of aromatic nitrogens is 4. The van der Waals surface area contributed by atoms with Crippen LogP contribution in [0.1, 0.15) is 11.3 Å². The standard InChI is InChI=1S/C11H13N5/c1-16-7-9(6-14-16)11-13-5-8-4-12-3-2-10(8)15-11/h5-7,12H,2-4H2,1H3. The number of fused-ring (bicyclic) bond motifs is 1. The van der Waals surface area contributed by atoms with Gasteiger partial charge in [-0.1, -0.05) is 0 Å². The first-order chi connectivity index (χ1) is 7.83. The highest BCUT2D eigenvalue weighted by atomic mass is 15.2. The molecule has 5 heteroatoms. The second kappa shape index (κ2) is 3.68. The van der Waals surface area contributed by atoms with E-state index in [1.165, 1.54) is 5.56 Å². The van der Waals surface area contributed by atoms with E-state index in [0.29, 0.717) is 0 Å². The fourth-order valence-corrected chi connectivity index (χ4v) is 1.91. The van der Waals surface area contributed by atoms with Gasteiger partial charge in [-0.25, -0.2) is 9.97 Å². The third-order valence-corrected chi connectivity index (χ3v) is 2.77. The van der Waals surface area contributed by atoms with Gasteiger partial charge in [-0.2, -0.15) is 5.10 Å². The Morgan fingerprint density at radius 1 is 1.38 bits per heavy atom. The quantitative estimate of drug-likeness (QED) is 0.753. The van der Waals surface area contributed by atoms with E-state index in [0.717, 1.165) is 36.6 Å². The average Bonchev–Trinajstić information content (AvgIpc) is 2.75. The molecule has 0 unspecified atom stereocenters. The minimum absolute atomic E-state index is 0.772. The van der Waals surface area contributed by atoms with Crippen molar-refractivity contribution in [2.45, 2.75) is 13.0 Å². The molecule has 0 aliphatic carbocycles. The molecule has 16 heavy (non-hydrogen) atoms. The van der Waals surface area contributed by atoms with Gasteiger partial charge in [0.05, 0.1) is 17.5 Å². The fraction of sp³-hybridized carbons (Fsp3) is 0.364. The van der Waals surface area contributed by atoms with Crippen molar-refractivity contribution in [2.75, 3.05) is 6.54 Å². The summed E-state index contributed by atoms with van der Waals surface area (Å²) in [7, 11) is 1.89. The highest BCUT2D eigenvalue weighted by Crippen LogP contribution is 2.17. The maximum atomic E-state index is 4.59. The molecular formula is C11H13N5. The number of rotatable bonds is 1. The summed E-state index contributed by atoms with van der Waals surface area (Å²) < 4.78 is 1.76. The summed E-state index contributed by atoms with van der Waals surface area (Å²) in [6.45, 7) is 1.87. The molecule has 1 aliphatic heterocycles. The van der Waals surface area contributed by atoms with Gasteiger partial charge in [0.15, 0.2) is 5.82 Å². The summed E-state index contributed by atoms with van der Waals surface area (Å²) in [5.74, 6) is 0.772. The van der Waals surface area contributed by atoms with Crippen LogP contribution in [0.2, 0.25) is 0 Å². The summed E-state index contributed by atoms with van der Waals surface area (Å²) >= 11 is 0. The SMILES string of the molecule is Cn1cc(-c2ncc3c(n2)CCNC3)cn1. The third-order valence-electron chi connectivity index (χ3n) is 2.77. The van der Waals surface area contributed by atoms with E-state index in [4.69, 9.17) is 0 Å². The van der Waals surface area contributed by atoms with Crippen LogP contribution in [-0.2, 0) is 20.0 Å². The summed E-state index contributed by atoms with van der Waals surface area (Å²) in [4.78, 5) is 8.96. The number of aryl methyl sites for hydroxylation is 1. The van der Waals surface area contributed by atoms with Gasteiger partial charge in [-0.05, 0) is 0 Å². The first-order valence-corrected chi connectivity index (χ1v) is 5.37. The Morgan fingerprint density at radius 2 is 2.31 bits per heavy atom. The van der Waals surface area contributed by atoms with Crippen LogP contribution in [0.3, 0.4) is 0 Å². The van der Waals surface area contributed by atoms with Crippen LogP contribution < -0.4 is 5.32 Å². The largest absolute Gasteiger partial charge is 0.312 e. The molecule has 1 N–H and O–H groups in total. The molecule has 2 aromatic heterocycles. The smallest absolute Gasteiger partial charge is 0.162 e. The van der Waals surface area contributed by atoms with Gasteiger partial charge in [-0.3, -0.25) is 4.68 Å². The zero-order chi connectivity index (χ0) is 11.0. The maximum Gasteiger partial charge on any atom is 0.162 e. The summed E-state index contributed by atoms with van der Waals surface area (Å²) in [6.07, 6.45) is 6.62. The summed E-state index contributed by atoms with van der Waals surface area (Å²) in [5, 5.41) is 7.44. The van der Waals surface area contributed by atoms with Crippen LogP contribution >= 0.6 is 0 Å². The molecule has 0 saturated heterocycles. The van der Waals surface area contributed by atoms with Crippen LogP contribution in [0.25, 0.3) is 11.4 Å². The predicted octanol–water partition coefficient (Wildman–Crippen LogP) is 0.523. The van der Waals surface area contributed by atoms with Gasteiger partial charge in [0.1, 0.15) is 0 Å². The Bertz CT molecular complexity index is 517. The Kier molecular flexibility index (Phi) is 2.18. The van der Waals surface area contributed by atoms with Crippen molar-refractivity contribution < 1.29 is 0 Å². The zero-order valence-electron chi connectivity index (χ0n) is 9.14. The Hall–Kier alpha value is -1.75. The maximum absolute atomic E-state index is 4.59. The topological polar surface area (TPSA) is 55.6 Å². The number of hydrogen-bond acceptors (Lipinski definition) is 4. The number of nitrogens with zero attached hydrogens (tertiary/aromatic N) is 4. The minimum Gasteiger partial charge on any atom is -0.312 e. The third kappa shape index (κ3) is 1.59. The lowest BCUT2D eigenvalue weighted by Gasteiger charge is -2.15. The van der Waals surface area contributed by atoms with E-state index >= 15 is 0 Å².